The smallest absolute Gasteiger partial charge is 0.252 e. The van der Waals surface area contributed by atoms with E-state index in [9.17, 15) is 4.79 Å². The second-order valence-corrected chi connectivity index (χ2v) is 3.22. The van der Waals surface area contributed by atoms with Crippen molar-refractivity contribution < 1.29 is 0 Å². The number of hydrogen-bond donors (Lipinski definition) is 2. The van der Waals surface area contributed by atoms with Crippen LogP contribution in [0.5, 0.6) is 0 Å². The Balaban J connectivity index is 2.30. The number of aromatic nitrogens is 2. The third kappa shape index (κ3) is 2.22. The van der Waals surface area contributed by atoms with Crippen LogP contribution in [0.2, 0.25) is 0 Å². The molecule has 0 aliphatic heterocycles. The fourth-order valence-electron chi connectivity index (χ4n) is 1.27. The fourth-order valence-corrected chi connectivity index (χ4v) is 1.27. The van der Waals surface area contributed by atoms with Crippen molar-refractivity contribution in [3.63, 3.8) is 0 Å². The molecule has 0 spiro atoms. The average molecular weight is 201 g/mol. The molecule has 0 amide bonds. The summed E-state index contributed by atoms with van der Waals surface area (Å²) < 4.78 is 0. The molecule has 1 heterocycles. The standard InChI is InChI=1S/C11H11N3O/c1-8-4-2-3-5-9(8)13-11-12-7-6-10(15)14-11/h2-7H,1H3,(H2,12,13,14,15). The highest BCUT2D eigenvalue weighted by molar-refractivity contribution is 5.57. The molecule has 0 aliphatic rings. The lowest BCUT2D eigenvalue weighted by molar-refractivity contribution is 1.12. The molecule has 1 aromatic heterocycles. The summed E-state index contributed by atoms with van der Waals surface area (Å²) in [6.45, 7) is 1.99. The summed E-state index contributed by atoms with van der Waals surface area (Å²) in [4.78, 5) is 17.6. The normalized spacial score (nSPS) is 9.93. The van der Waals surface area contributed by atoms with Gasteiger partial charge in [0, 0.05) is 18.0 Å². The number of aryl methyl sites for hydroxylation is 1. The molecule has 0 radical (unpaired) electrons. The van der Waals surface area contributed by atoms with E-state index < -0.39 is 0 Å². The maximum atomic E-state index is 11.0. The summed E-state index contributed by atoms with van der Waals surface area (Å²) in [5, 5.41) is 3.05. The Labute approximate surface area is 87.0 Å². The van der Waals surface area contributed by atoms with E-state index in [0.717, 1.165) is 11.3 Å². The first-order valence-corrected chi connectivity index (χ1v) is 4.64. The van der Waals surface area contributed by atoms with E-state index in [1.165, 1.54) is 12.3 Å². The van der Waals surface area contributed by atoms with Gasteiger partial charge < -0.3 is 5.32 Å². The van der Waals surface area contributed by atoms with Gasteiger partial charge in [-0.05, 0) is 18.6 Å². The van der Waals surface area contributed by atoms with E-state index in [2.05, 4.69) is 15.3 Å². The maximum Gasteiger partial charge on any atom is 0.252 e. The van der Waals surface area contributed by atoms with Crippen LogP contribution >= 0.6 is 0 Å². The fraction of sp³-hybridized carbons (Fsp3) is 0.0909. The molecule has 0 fully saturated rings. The number of nitrogens with zero attached hydrogens (tertiary/aromatic N) is 1. The second kappa shape index (κ2) is 3.96. The highest BCUT2D eigenvalue weighted by atomic mass is 16.1. The van der Waals surface area contributed by atoms with Crippen molar-refractivity contribution in [2.24, 2.45) is 0 Å². The van der Waals surface area contributed by atoms with Crippen LogP contribution < -0.4 is 10.9 Å². The molecule has 4 nitrogen and oxygen atoms in total. The van der Waals surface area contributed by atoms with Gasteiger partial charge in [0.05, 0.1) is 0 Å². The van der Waals surface area contributed by atoms with Gasteiger partial charge in [-0.2, -0.15) is 0 Å². The highest BCUT2D eigenvalue weighted by Crippen LogP contribution is 2.15. The minimum atomic E-state index is -0.166. The molecule has 0 unspecified atom stereocenters. The van der Waals surface area contributed by atoms with Crippen molar-refractivity contribution in [1.29, 1.82) is 0 Å². The van der Waals surface area contributed by atoms with Gasteiger partial charge in [0.1, 0.15) is 0 Å². The second-order valence-electron chi connectivity index (χ2n) is 3.22. The van der Waals surface area contributed by atoms with Gasteiger partial charge in [0.25, 0.3) is 5.56 Å². The van der Waals surface area contributed by atoms with Gasteiger partial charge in [-0.3, -0.25) is 9.78 Å². The number of benzene rings is 1. The van der Waals surface area contributed by atoms with E-state index in [0.29, 0.717) is 5.95 Å². The molecule has 1 aromatic carbocycles. The zero-order valence-corrected chi connectivity index (χ0v) is 8.32. The summed E-state index contributed by atoms with van der Waals surface area (Å²) in [6, 6.07) is 9.19. The van der Waals surface area contributed by atoms with Gasteiger partial charge in [-0.1, -0.05) is 18.2 Å². The van der Waals surface area contributed by atoms with Crippen LogP contribution in [0.1, 0.15) is 5.56 Å². The molecule has 0 saturated heterocycles. The van der Waals surface area contributed by atoms with Crippen LogP contribution in [0.3, 0.4) is 0 Å². The van der Waals surface area contributed by atoms with Gasteiger partial charge in [0.2, 0.25) is 5.95 Å². The molecule has 2 aromatic rings. The van der Waals surface area contributed by atoms with Crippen molar-refractivity contribution in [3.05, 3.63) is 52.4 Å². The average Bonchev–Trinajstić information content (AvgIpc) is 2.22. The zero-order chi connectivity index (χ0) is 10.7. The van der Waals surface area contributed by atoms with Crippen LogP contribution in [0.4, 0.5) is 11.6 Å². The first-order chi connectivity index (χ1) is 7.25. The van der Waals surface area contributed by atoms with Gasteiger partial charge in [-0.25, -0.2) is 4.98 Å². The third-order valence-electron chi connectivity index (χ3n) is 2.07. The van der Waals surface area contributed by atoms with Crippen molar-refractivity contribution in [2.45, 2.75) is 6.92 Å². The third-order valence-corrected chi connectivity index (χ3v) is 2.07. The topological polar surface area (TPSA) is 57.8 Å². The number of aromatic amines is 1. The SMILES string of the molecule is Cc1ccccc1Nc1nccc(=O)[nH]1. The largest absolute Gasteiger partial charge is 0.325 e. The molecule has 0 saturated carbocycles. The molecular weight excluding hydrogens is 190 g/mol. The molecule has 0 bridgehead atoms. The maximum absolute atomic E-state index is 11.0. The Kier molecular flexibility index (Phi) is 2.49. The lowest BCUT2D eigenvalue weighted by Crippen LogP contribution is -2.08. The van der Waals surface area contributed by atoms with E-state index in [1.807, 2.05) is 31.2 Å². The predicted octanol–water partition coefficient (Wildman–Crippen LogP) is 1.82. The first kappa shape index (κ1) is 9.45. The minimum absolute atomic E-state index is 0.166. The van der Waals surface area contributed by atoms with Gasteiger partial charge in [0.15, 0.2) is 0 Å². The Hall–Kier alpha value is -2.10. The molecule has 76 valence electrons. The van der Waals surface area contributed by atoms with Crippen molar-refractivity contribution >= 4 is 11.6 Å². The molecule has 15 heavy (non-hydrogen) atoms. The van der Waals surface area contributed by atoms with E-state index in [1.54, 1.807) is 0 Å². The highest BCUT2D eigenvalue weighted by Gasteiger charge is 1.98. The number of H-pyrrole nitrogens is 1. The Morgan fingerprint density at radius 3 is 2.80 bits per heavy atom. The summed E-state index contributed by atoms with van der Waals surface area (Å²) in [5.41, 5.74) is 1.87. The van der Waals surface area contributed by atoms with Crippen LogP contribution in [-0.2, 0) is 0 Å². The minimum Gasteiger partial charge on any atom is -0.325 e. The molecule has 2 N–H and O–H groups in total. The van der Waals surface area contributed by atoms with E-state index >= 15 is 0 Å². The molecular formula is C11H11N3O. The van der Waals surface area contributed by atoms with Crippen LogP contribution in [0.15, 0.2) is 41.3 Å². The first-order valence-electron chi connectivity index (χ1n) is 4.64. The Morgan fingerprint density at radius 2 is 2.07 bits per heavy atom. The molecule has 0 aliphatic carbocycles. The quantitative estimate of drug-likeness (QED) is 0.779. The van der Waals surface area contributed by atoms with Crippen LogP contribution in [0, 0.1) is 6.92 Å². The van der Waals surface area contributed by atoms with E-state index in [4.69, 9.17) is 0 Å². The molecule has 0 atom stereocenters. The summed E-state index contributed by atoms with van der Waals surface area (Å²) in [7, 11) is 0. The lowest BCUT2D eigenvalue weighted by Gasteiger charge is -2.06. The number of nitrogens with one attached hydrogen (secondary N) is 2. The zero-order valence-electron chi connectivity index (χ0n) is 8.32. The number of para-hydroxylation sites is 1. The van der Waals surface area contributed by atoms with Gasteiger partial charge in [-0.15, -0.1) is 0 Å². The molecule has 4 heteroatoms. The van der Waals surface area contributed by atoms with Crippen molar-refractivity contribution in [3.8, 4) is 0 Å². The Bertz CT molecular complexity index is 519. The van der Waals surface area contributed by atoms with Gasteiger partial charge >= 0.3 is 0 Å². The molecule has 2 rings (SSSR count). The van der Waals surface area contributed by atoms with Crippen LogP contribution in [0.25, 0.3) is 0 Å². The summed E-state index contributed by atoms with van der Waals surface area (Å²) >= 11 is 0. The predicted molar refractivity (Wildman–Crippen MR) is 59.3 cm³/mol. The van der Waals surface area contributed by atoms with E-state index in [-0.39, 0.29) is 5.56 Å². The number of rotatable bonds is 2. The Morgan fingerprint density at radius 1 is 1.27 bits per heavy atom. The van der Waals surface area contributed by atoms with Crippen LogP contribution in [-0.4, -0.2) is 9.97 Å². The van der Waals surface area contributed by atoms with Crippen molar-refractivity contribution in [2.75, 3.05) is 5.32 Å². The summed E-state index contributed by atoms with van der Waals surface area (Å²) in [5.74, 6) is 0.455. The lowest BCUT2D eigenvalue weighted by atomic mass is 10.2. The summed E-state index contributed by atoms with van der Waals surface area (Å²) in [6.07, 6.45) is 1.47. The van der Waals surface area contributed by atoms with Crippen molar-refractivity contribution in [1.82, 2.24) is 9.97 Å². The number of hydrogen-bond acceptors (Lipinski definition) is 3. The number of anilines is 2. The monoisotopic (exact) mass is 201 g/mol.